The van der Waals surface area contributed by atoms with E-state index in [1.807, 2.05) is 60.7 Å². The third-order valence-corrected chi connectivity index (χ3v) is 3.86. The Morgan fingerprint density at radius 2 is 1.57 bits per heavy atom. The van der Waals surface area contributed by atoms with Gasteiger partial charge in [-0.05, 0) is 24.5 Å². The molecule has 0 aromatic heterocycles. The number of hydrogen-bond acceptors (Lipinski definition) is 3. The van der Waals surface area contributed by atoms with Gasteiger partial charge in [0.1, 0.15) is 6.04 Å². The minimum Gasteiger partial charge on any atom is -0.393 e. The number of aliphatic hydroxyl groups excluding tert-OH is 1. The molecule has 0 aliphatic carbocycles. The molecule has 0 aliphatic rings. The molecule has 4 heteroatoms. The van der Waals surface area contributed by atoms with Crippen LogP contribution in [0.1, 0.15) is 36.4 Å². The van der Waals surface area contributed by atoms with E-state index in [0.29, 0.717) is 13.0 Å². The lowest BCUT2D eigenvalue weighted by Crippen LogP contribution is -2.37. The number of hydrogen-bond donors (Lipinski definition) is 3. The van der Waals surface area contributed by atoms with Gasteiger partial charge in [-0.2, -0.15) is 0 Å². The molecule has 4 nitrogen and oxygen atoms in total. The topological polar surface area (TPSA) is 75.3 Å². The fraction of sp³-hybridized carbons (Fsp3) is 0.316. The average Bonchev–Trinajstić information content (AvgIpc) is 2.59. The van der Waals surface area contributed by atoms with Crippen molar-refractivity contribution in [2.75, 3.05) is 6.54 Å². The number of aliphatic hydroxyl groups is 1. The normalized spacial score (nSPS) is 14.7. The minimum atomic E-state index is -0.681. The maximum atomic E-state index is 12.3. The monoisotopic (exact) mass is 312 g/mol. The van der Waals surface area contributed by atoms with Crippen molar-refractivity contribution in [3.8, 4) is 0 Å². The molecular formula is C19H24N2O2. The van der Waals surface area contributed by atoms with Gasteiger partial charge in [-0.15, -0.1) is 0 Å². The lowest BCUT2D eigenvalue weighted by atomic mass is 9.93. The van der Waals surface area contributed by atoms with Gasteiger partial charge in [0.2, 0.25) is 5.91 Å². The Morgan fingerprint density at radius 3 is 2.09 bits per heavy atom. The van der Waals surface area contributed by atoms with E-state index in [1.165, 1.54) is 0 Å². The summed E-state index contributed by atoms with van der Waals surface area (Å²) < 4.78 is 0. The summed E-state index contributed by atoms with van der Waals surface area (Å²) in [6.07, 6.45) is 0.158. The van der Waals surface area contributed by atoms with Crippen molar-refractivity contribution < 1.29 is 9.90 Å². The maximum absolute atomic E-state index is 12.3. The first-order valence-corrected chi connectivity index (χ1v) is 7.89. The van der Waals surface area contributed by atoms with Gasteiger partial charge in [0.05, 0.1) is 6.10 Å². The van der Waals surface area contributed by atoms with Gasteiger partial charge in [0.15, 0.2) is 0 Å². The first-order valence-electron chi connectivity index (χ1n) is 7.89. The highest BCUT2D eigenvalue weighted by molar-refractivity contribution is 5.82. The molecule has 3 atom stereocenters. The van der Waals surface area contributed by atoms with Gasteiger partial charge in [-0.25, -0.2) is 0 Å². The number of carbonyl (C=O) groups is 1. The van der Waals surface area contributed by atoms with Crippen LogP contribution in [0.5, 0.6) is 0 Å². The van der Waals surface area contributed by atoms with Crippen LogP contribution >= 0.6 is 0 Å². The van der Waals surface area contributed by atoms with Crippen LogP contribution in [0.4, 0.5) is 0 Å². The predicted octanol–water partition coefficient (Wildman–Crippen LogP) is 2.36. The number of amides is 1. The minimum absolute atomic E-state index is 0.0584. The molecule has 1 amide bonds. The quantitative estimate of drug-likeness (QED) is 0.734. The van der Waals surface area contributed by atoms with Crippen molar-refractivity contribution >= 4 is 5.91 Å². The molecule has 4 N–H and O–H groups in total. The van der Waals surface area contributed by atoms with E-state index in [0.717, 1.165) is 11.1 Å². The van der Waals surface area contributed by atoms with Gasteiger partial charge in [-0.3, -0.25) is 4.79 Å². The van der Waals surface area contributed by atoms with Gasteiger partial charge >= 0.3 is 0 Å². The van der Waals surface area contributed by atoms with Crippen LogP contribution in [-0.2, 0) is 4.79 Å². The highest BCUT2D eigenvalue weighted by Gasteiger charge is 2.19. The van der Waals surface area contributed by atoms with E-state index >= 15 is 0 Å². The van der Waals surface area contributed by atoms with E-state index in [4.69, 9.17) is 5.73 Å². The highest BCUT2D eigenvalue weighted by atomic mass is 16.3. The molecule has 122 valence electrons. The van der Waals surface area contributed by atoms with Crippen molar-refractivity contribution in [3.05, 3.63) is 71.8 Å². The number of nitrogens with two attached hydrogens (primary N) is 1. The fourth-order valence-corrected chi connectivity index (χ4v) is 2.62. The van der Waals surface area contributed by atoms with Crippen LogP contribution in [0.25, 0.3) is 0 Å². The van der Waals surface area contributed by atoms with Crippen molar-refractivity contribution in [1.29, 1.82) is 0 Å². The molecular weight excluding hydrogens is 288 g/mol. The first kappa shape index (κ1) is 17.2. The van der Waals surface area contributed by atoms with Gasteiger partial charge in [-0.1, -0.05) is 60.7 Å². The van der Waals surface area contributed by atoms with Crippen LogP contribution in [0.3, 0.4) is 0 Å². The molecule has 3 unspecified atom stereocenters. The predicted molar refractivity (Wildman–Crippen MR) is 91.9 cm³/mol. The van der Waals surface area contributed by atoms with Crippen LogP contribution < -0.4 is 11.1 Å². The molecule has 0 bridgehead atoms. The molecule has 23 heavy (non-hydrogen) atoms. The van der Waals surface area contributed by atoms with Gasteiger partial charge in [0, 0.05) is 12.5 Å². The molecule has 0 spiro atoms. The smallest absolute Gasteiger partial charge is 0.241 e. The second-order valence-electron chi connectivity index (χ2n) is 5.83. The number of nitrogens with one attached hydrogen (secondary N) is 1. The summed E-state index contributed by atoms with van der Waals surface area (Å²) in [5.41, 5.74) is 7.89. The second kappa shape index (κ2) is 8.46. The van der Waals surface area contributed by atoms with E-state index in [1.54, 1.807) is 6.92 Å². The van der Waals surface area contributed by atoms with Crippen molar-refractivity contribution in [2.45, 2.75) is 31.4 Å². The van der Waals surface area contributed by atoms with Crippen LogP contribution in [0.2, 0.25) is 0 Å². The summed E-state index contributed by atoms with van der Waals surface area (Å²) in [7, 11) is 0. The Kier molecular flexibility index (Phi) is 6.32. The van der Waals surface area contributed by atoms with Crippen LogP contribution in [0, 0.1) is 0 Å². The molecule has 0 fully saturated rings. The second-order valence-corrected chi connectivity index (χ2v) is 5.83. The Labute approximate surface area is 137 Å². The zero-order valence-electron chi connectivity index (χ0n) is 13.4. The van der Waals surface area contributed by atoms with Crippen molar-refractivity contribution in [2.24, 2.45) is 5.73 Å². The van der Waals surface area contributed by atoms with E-state index in [2.05, 4.69) is 5.32 Å². The molecule has 2 aromatic carbocycles. The summed E-state index contributed by atoms with van der Waals surface area (Å²) >= 11 is 0. The third kappa shape index (κ3) is 5.20. The lowest BCUT2D eigenvalue weighted by Gasteiger charge is -2.21. The Hall–Kier alpha value is -2.17. The van der Waals surface area contributed by atoms with Crippen LogP contribution in [-0.4, -0.2) is 23.7 Å². The number of benzene rings is 2. The van der Waals surface area contributed by atoms with Crippen molar-refractivity contribution in [3.63, 3.8) is 0 Å². The standard InChI is InChI=1S/C19H24N2O2/c1-14(22)12-17(15-8-4-2-5-9-15)13-21-19(23)18(20)16-10-6-3-7-11-16/h2-11,14,17-18,22H,12-13,20H2,1H3,(H,21,23). The molecule has 0 saturated heterocycles. The summed E-state index contributed by atoms with van der Waals surface area (Å²) in [5.74, 6) is -0.147. The Bertz CT molecular complexity index is 599. The maximum Gasteiger partial charge on any atom is 0.241 e. The lowest BCUT2D eigenvalue weighted by molar-refractivity contribution is -0.122. The summed E-state index contributed by atoms with van der Waals surface area (Å²) in [6.45, 7) is 2.21. The third-order valence-electron chi connectivity index (χ3n) is 3.86. The van der Waals surface area contributed by atoms with Crippen molar-refractivity contribution in [1.82, 2.24) is 5.32 Å². The number of rotatable bonds is 7. The Morgan fingerprint density at radius 1 is 1.04 bits per heavy atom. The first-order chi connectivity index (χ1) is 11.1. The molecule has 0 aliphatic heterocycles. The average molecular weight is 312 g/mol. The molecule has 0 radical (unpaired) electrons. The van der Waals surface area contributed by atoms with Gasteiger partial charge < -0.3 is 16.2 Å². The zero-order valence-corrected chi connectivity index (χ0v) is 13.4. The summed E-state index contributed by atoms with van der Waals surface area (Å²) in [6, 6.07) is 18.5. The largest absolute Gasteiger partial charge is 0.393 e. The molecule has 0 saturated carbocycles. The van der Waals surface area contributed by atoms with E-state index in [9.17, 15) is 9.90 Å². The summed E-state index contributed by atoms with van der Waals surface area (Å²) in [5, 5.41) is 12.6. The van der Waals surface area contributed by atoms with E-state index in [-0.39, 0.29) is 11.8 Å². The fourth-order valence-electron chi connectivity index (χ4n) is 2.62. The summed E-state index contributed by atoms with van der Waals surface area (Å²) in [4.78, 5) is 12.3. The zero-order chi connectivity index (χ0) is 16.7. The van der Waals surface area contributed by atoms with E-state index < -0.39 is 12.1 Å². The SMILES string of the molecule is CC(O)CC(CNC(=O)C(N)c1ccccc1)c1ccccc1. The molecule has 2 rings (SSSR count). The number of carbonyl (C=O) groups excluding carboxylic acids is 1. The Balaban J connectivity index is 1.99. The molecule has 0 heterocycles. The van der Waals surface area contributed by atoms with Gasteiger partial charge in [0.25, 0.3) is 0 Å². The van der Waals surface area contributed by atoms with Crippen LogP contribution in [0.15, 0.2) is 60.7 Å². The highest BCUT2D eigenvalue weighted by Crippen LogP contribution is 2.21. The molecule has 2 aromatic rings.